The van der Waals surface area contributed by atoms with E-state index >= 15 is 0 Å². The van der Waals surface area contributed by atoms with E-state index < -0.39 is 0 Å². The van der Waals surface area contributed by atoms with E-state index in [-0.39, 0.29) is 18.1 Å². The summed E-state index contributed by atoms with van der Waals surface area (Å²) in [5.74, 6) is -0.385. The summed E-state index contributed by atoms with van der Waals surface area (Å²) in [4.78, 5) is 15.8. The highest BCUT2D eigenvalue weighted by Crippen LogP contribution is 2.21. The number of hydrogen-bond acceptors (Lipinski definition) is 2. The maximum atomic E-state index is 13.2. The van der Waals surface area contributed by atoms with Crippen LogP contribution in [-0.2, 0) is 6.54 Å². The maximum Gasteiger partial charge on any atom is 0.348 e. The van der Waals surface area contributed by atoms with Gasteiger partial charge in [0.05, 0.1) is 16.7 Å². The summed E-state index contributed by atoms with van der Waals surface area (Å²) in [6, 6.07) is 4.08. The summed E-state index contributed by atoms with van der Waals surface area (Å²) < 4.78 is 15.4. The predicted molar refractivity (Wildman–Crippen MR) is 76.2 cm³/mol. The zero-order valence-corrected chi connectivity index (χ0v) is 12.7. The first-order valence-corrected chi connectivity index (χ1v) is 6.74. The molecule has 0 amide bonds. The molecule has 3 nitrogen and oxygen atoms in total. The van der Waals surface area contributed by atoms with Crippen molar-refractivity contribution in [1.82, 2.24) is 9.55 Å². The van der Waals surface area contributed by atoms with E-state index in [4.69, 9.17) is 11.6 Å². The third-order valence-corrected chi connectivity index (χ3v) is 4.39. The molecule has 0 saturated carbocycles. The molecule has 2 aromatic rings. The lowest BCUT2D eigenvalue weighted by Gasteiger charge is -2.13. The number of halogens is 3. The topological polar surface area (TPSA) is 34.9 Å². The van der Waals surface area contributed by atoms with Crippen LogP contribution < -0.4 is 5.69 Å². The molecule has 0 N–H and O–H groups in total. The molecule has 0 radical (unpaired) electrons. The Morgan fingerprint density at radius 1 is 1.42 bits per heavy atom. The molecule has 1 aromatic carbocycles. The van der Waals surface area contributed by atoms with Gasteiger partial charge in [-0.2, -0.15) is 4.98 Å². The number of aryl methyl sites for hydroxylation is 1. The summed E-state index contributed by atoms with van der Waals surface area (Å²) in [6.07, 6.45) is 0. The number of hydrogen-bond donors (Lipinski definition) is 0. The minimum absolute atomic E-state index is 0.188. The lowest BCUT2D eigenvalue weighted by Crippen LogP contribution is -2.27. The molecule has 6 heteroatoms. The van der Waals surface area contributed by atoms with Crippen molar-refractivity contribution in [3.8, 4) is 0 Å². The number of nitrogens with zero attached hydrogens (tertiary/aromatic N) is 2. The molecule has 0 aliphatic carbocycles. The van der Waals surface area contributed by atoms with Gasteiger partial charge in [-0.25, -0.2) is 9.18 Å². The average molecular weight is 346 g/mol. The van der Waals surface area contributed by atoms with Crippen LogP contribution in [0.2, 0.25) is 5.02 Å². The fourth-order valence-corrected chi connectivity index (χ4v) is 2.28. The van der Waals surface area contributed by atoms with Crippen LogP contribution in [0.15, 0.2) is 27.5 Å². The maximum absolute atomic E-state index is 13.2. The van der Waals surface area contributed by atoms with E-state index in [1.165, 1.54) is 22.8 Å². The van der Waals surface area contributed by atoms with Gasteiger partial charge in [-0.1, -0.05) is 11.6 Å². The van der Waals surface area contributed by atoms with Crippen molar-refractivity contribution < 1.29 is 4.39 Å². The standard InChI is InChI=1S/C13H11BrClFN2O/c1-7-12(14)8(2)18(13(19)17-7)6-9-5-10(16)3-4-11(9)15/h3-5H,6H2,1-2H3. The fourth-order valence-electron chi connectivity index (χ4n) is 1.80. The van der Waals surface area contributed by atoms with Crippen LogP contribution in [0.1, 0.15) is 17.0 Å². The van der Waals surface area contributed by atoms with Gasteiger partial charge in [0.15, 0.2) is 0 Å². The first-order chi connectivity index (χ1) is 8.90. The largest absolute Gasteiger partial charge is 0.348 e. The second kappa shape index (κ2) is 5.43. The van der Waals surface area contributed by atoms with Crippen molar-refractivity contribution in [2.45, 2.75) is 20.4 Å². The van der Waals surface area contributed by atoms with Gasteiger partial charge in [0.1, 0.15) is 5.82 Å². The van der Waals surface area contributed by atoms with Crippen LogP contribution >= 0.6 is 27.5 Å². The van der Waals surface area contributed by atoms with Gasteiger partial charge < -0.3 is 0 Å². The average Bonchev–Trinajstić information content (AvgIpc) is 2.36. The zero-order chi connectivity index (χ0) is 14.2. The second-order valence-electron chi connectivity index (χ2n) is 4.20. The third kappa shape index (κ3) is 2.87. The van der Waals surface area contributed by atoms with E-state index in [2.05, 4.69) is 20.9 Å². The normalized spacial score (nSPS) is 10.8. The molecule has 100 valence electrons. The highest BCUT2D eigenvalue weighted by molar-refractivity contribution is 9.10. The molecule has 1 heterocycles. The Labute approximate surface area is 123 Å². The van der Waals surface area contributed by atoms with E-state index in [1.54, 1.807) is 13.8 Å². The first-order valence-electron chi connectivity index (χ1n) is 5.57. The minimum Gasteiger partial charge on any atom is -0.291 e. The van der Waals surface area contributed by atoms with Crippen molar-refractivity contribution in [2.75, 3.05) is 0 Å². The van der Waals surface area contributed by atoms with Gasteiger partial charge in [0.25, 0.3) is 0 Å². The highest BCUT2D eigenvalue weighted by Gasteiger charge is 2.11. The first kappa shape index (κ1) is 14.2. The molecular weight excluding hydrogens is 335 g/mol. The van der Waals surface area contributed by atoms with Crippen LogP contribution in [0.5, 0.6) is 0 Å². The highest BCUT2D eigenvalue weighted by atomic mass is 79.9. The van der Waals surface area contributed by atoms with Crippen molar-refractivity contribution >= 4 is 27.5 Å². The van der Waals surface area contributed by atoms with Crippen molar-refractivity contribution in [3.05, 3.63) is 60.9 Å². The lowest BCUT2D eigenvalue weighted by molar-refractivity contribution is 0.620. The Hall–Kier alpha value is -1.20. The monoisotopic (exact) mass is 344 g/mol. The van der Waals surface area contributed by atoms with Gasteiger partial charge in [-0.05, 0) is 53.5 Å². The van der Waals surface area contributed by atoms with Crippen LogP contribution in [0.4, 0.5) is 4.39 Å². The summed E-state index contributed by atoms with van der Waals surface area (Å²) in [6.45, 7) is 3.73. The van der Waals surface area contributed by atoms with Crippen LogP contribution in [-0.4, -0.2) is 9.55 Å². The summed E-state index contributed by atoms with van der Waals surface area (Å²) in [5.41, 5.74) is 1.53. The molecule has 1 aromatic heterocycles. The number of rotatable bonds is 2. The third-order valence-electron chi connectivity index (χ3n) is 2.87. The summed E-state index contributed by atoms with van der Waals surface area (Å²) in [5, 5.41) is 0.421. The molecule has 0 aliphatic heterocycles. The van der Waals surface area contributed by atoms with Gasteiger partial charge in [0, 0.05) is 10.7 Å². The van der Waals surface area contributed by atoms with Crippen molar-refractivity contribution in [2.24, 2.45) is 0 Å². The van der Waals surface area contributed by atoms with Gasteiger partial charge in [-0.15, -0.1) is 0 Å². The molecule has 0 saturated heterocycles. The molecule has 0 spiro atoms. The minimum atomic E-state index is -0.385. The molecular formula is C13H11BrClFN2O. The van der Waals surface area contributed by atoms with Gasteiger partial charge >= 0.3 is 5.69 Å². The SMILES string of the molecule is Cc1nc(=O)n(Cc2cc(F)ccc2Cl)c(C)c1Br. The molecule has 0 atom stereocenters. The number of benzene rings is 1. The van der Waals surface area contributed by atoms with Crippen molar-refractivity contribution in [1.29, 1.82) is 0 Å². The smallest absolute Gasteiger partial charge is 0.291 e. The molecule has 0 bridgehead atoms. The second-order valence-corrected chi connectivity index (χ2v) is 5.40. The quantitative estimate of drug-likeness (QED) is 0.835. The van der Waals surface area contributed by atoms with E-state index in [0.29, 0.717) is 16.3 Å². The number of aromatic nitrogens is 2. The van der Waals surface area contributed by atoms with Crippen LogP contribution in [0.25, 0.3) is 0 Å². The van der Waals surface area contributed by atoms with E-state index in [9.17, 15) is 9.18 Å². The van der Waals surface area contributed by atoms with Gasteiger partial charge in [-0.3, -0.25) is 4.57 Å². The Morgan fingerprint density at radius 3 is 2.79 bits per heavy atom. The lowest BCUT2D eigenvalue weighted by atomic mass is 10.2. The Bertz CT molecular complexity index is 700. The van der Waals surface area contributed by atoms with Crippen LogP contribution in [0, 0.1) is 19.7 Å². The Morgan fingerprint density at radius 2 is 2.11 bits per heavy atom. The molecule has 0 unspecified atom stereocenters. The molecule has 0 aliphatic rings. The predicted octanol–water partition coefficient (Wildman–Crippen LogP) is 3.46. The van der Waals surface area contributed by atoms with Crippen LogP contribution in [0.3, 0.4) is 0 Å². The molecule has 2 rings (SSSR count). The molecule has 19 heavy (non-hydrogen) atoms. The van der Waals surface area contributed by atoms with Gasteiger partial charge in [0.2, 0.25) is 0 Å². The Kier molecular flexibility index (Phi) is 4.06. The molecule has 0 fully saturated rings. The summed E-state index contributed by atoms with van der Waals surface area (Å²) in [7, 11) is 0. The van der Waals surface area contributed by atoms with E-state index in [1.807, 2.05) is 0 Å². The fraction of sp³-hybridized carbons (Fsp3) is 0.231. The Balaban J connectivity index is 2.53. The zero-order valence-electron chi connectivity index (χ0n) is 10.4. The summed E-state index contributed by atoms with van der Waals surface area (Å²) >= 11 is 9.39. The van der Waals surface area contributed by atoms with Crippen molar-refractivity contribution in [3.63, 3.8) is 0 Å². The van der Waals surface area contributed by atoms with E-state index in [0.717, 1.165) is 10.2 Å².